The van der Waals surface area contributed by atoms with Crippen molar-refractivity contribution in [1.29, 1.82) is 0 Å². The van der Waals surface area contributed by atoms with Gasteiger partial charge in [-0.3, -0.25) is 0 Å². The first-order chi connectivity index (χ1) is 9.20. The van der Waals surface area contributed by atoms with Crippen molar-refractivity contribution in [3.05, 3.63) is 15.6 Å². The molecule has 2 unspecified atom stereocenters. The molecule has 19 heavy (non-hydrogen) atoms. The molecule has 1 aliphatic carbocycles. The van der Waals surface area contributed by atoms with E-state index in [0.29, 0.717) is 21.3 Å². The van der Waals surface area contributed by atoms with E-state index in [1.54, 1.807) is 0 Å². The van der Waals surface area contributed by atoms with Gasteiger partial charge in [0.15, 0.2) is 0 Å². The summed E-state index contributed by atoms with van der Waals surface area (Å²) < 4.78 is 0. The molecule has 3 rings (SSSR count). The third-order valence-electron chi connectivity index (χ3n) is 3.52. The Hall–Kier alpha value is -0.200. The maximum atomic E-state index is 11.4. The van der Waals surface area contributed by atoms with Crippen LogP contribution in [0.15, 0.2) is 0 Å². The highest BCUT2D eigenvalue weighted by atomic mass is 32.2. The van der Waals surface area contributed by atoms with Crippen molar-refractivity contribution in [3.63, 3.8) is 0 Å². The minimum atomic E-state index is -0.799. The minimum absolute atomic E-state index is 0.388. The smallest absolute Gasteiger partial charge is 0.347 e. The number of thiazole rings is 1. The Kier molecular flexibility index (Phi) is 4.10. The first-order valence-corrected chi connectivity index (χ1v) is 9.59. The summed E-state index contributed by atoms with van der Waals surface area (Å²) in [5.74, 6) is 1.96. The van der Waals surface area contributed by atoms with Crippen molar-refractivity contribution in [3.8, 4) is 0 Å². The number of hydrogen-bond donors (Lipinski definition) is 1. The van der Waals surface area contributed by atoms with Crippen molar-refractivity contribution >= 4 is 40.8 Å². The molecule has 0 amide bonds. The summed E-state index contributed by atoms with van der Waals surface area (Å²) >= 11 is 5.38. The van der Waals surface area contributed by atoms with Crippen LogP contribution in [0, 0.1) is 0 Å². The molecular weight excluding hydrogens is 298 g/mol. The average Bonchev–Trinajstić information content (AvgIpc) is 3.17. The second-order valence-electron chi connectivity index (χ2n) is 4.95. The Labute approximate surface area is 125 Å². The lowest BCUT2D eigenvalue weighted by atomic mass is 10.2. The summed E-state index contributed by atoms with van der Waals surface area (Å²) in [5, 5.41) is 11.4. The third-order valence-corrected chi connectivity index (χ3v) is 8.07. The second-order valence-corrected chi connectivity index (χ2v) is 8.58. The molecule has 0 aromatic carbocycles. The Bertz CT molecular complexity index is 484. The number of aromatic carboxylic acids is 1. The van der Waals surface area contributed by atoms with Crippen LogP contribution in [0.1, 0.15) is 57.7 Å². The number of carboxylic acids is 1. The first-order valence-electron chi connectivity index (χ1n) is 6.67. The van der Waals surface area contributed by atoms with Crippen LogP contribution in [-0.2, 0) is 0 Å². The Balaban J connectivity index is 1.91. The van der Waals surface area contributed by atoms with Crippen molar-refractivity contribution < 1.29 is 9.90 Å². The maximum Gasteiger partial charge on any atom is 0.347 e. The van der Waals surface area contributed by atoms with Crippen LogP contribution in [-0.4, -0.2) is 32.8 Å². The van der Waals surface area contributed by atoms with Crippen LogP contribution in [0.3, 0.4) is 0 Å². The molecule has 2 aliphatic rings. The molecule has 1 aromatic heterocycles. The van der Waals surface area contributed by atoms with Crippen LogP contribution in [0.5, 0.6) is 0 Å². The summed E-state index contributed by atoms with van der Waals surface area (Å²) in [7, 11) is 0. The van der Waals surface area contributed by atoms with Crippen LogP contribution in [0.4, 0.5) is 0 Å². The summed E-state index contributed by atoms with van der Waals surface area (Å²) in [6.07, 6.45) is 3.34. The molecule has 1 aliphatic heterocycles. The molecule has 3 nitrogen and oxygen atoms in total. The normalized spacial score (nSPS) is 27.4. The van der Waals surface area contributed by atoms with Gasteiger partial charge < -0.3 is 5.11 Å². The first kappa shape index (κ1) is 13.8. The van der Waals surface area contributed by atoms with Gasteiger partial charge in [-0.1, -0.05) is 6.92 Å². The molecule has 1 N–H and O–H groups in total. The number of hydrogen-bond acceptors (Lipinski definition) is 5. The van der Waals surface area contributed by atoms with Gasteiger partial charge in [0.05, 0.1) is 10.9 Å². The van der Waals surface area contributed by atoms with E-state index >= 15 is 0 Å². The van der Waals surface area contributed by atoms with E-state index in [1.807, 2.05) is 23.5 Å². The minimum Gasteiger partial charge on any atom is -0.477 e. The van der Waals surface area contributed by atoms with Crippen LogP contribution >= 0.6 is 34.9 Å². The van der Waals surface area contributed by atoms with Crippen molar-refractivity contribution in [1.82, 2.24) is 4.98 Å². The quantitative estimate of drug-likeness (QED) is 0.909. The van der Waals surface area contributed by atoms with Gasteiger partial charge in [0.1, 0.15) is 9.88 Å². The predicted octanol–water partition coefficient (Wildman–Crippen LogP) is 4.02. The fraction of sp³-hybridized carbons (Fsp3) is 0.692. The topological polar surface area (TPSA) is 50.2 Å². The van der Waals surface area contributed by atoms with Crippen molar-refractivity contribution in [2.75, 3.05) is 11.5 Å². The van der Waals surface area contributed by atoms with Crippen LogP contribution in [0.2, 0.25) is 0 Å². The summed E-state index contributed by atoms with van der Waals surface area (Å²) in [6.45, 7) is 2.21. The molecule has 6 heteroatoms. The van der Waals surface area contributed by atoms with Crippen LogP contribution < -0.4 is 0 Å². The highest BCUT2D eigenvalue weighted by Gasteiger charge is 2.35. The zero-order valence-electron chi connectivity index (χ0n) is 10.8. The summed E-state index contributed by atoms with van der Waals surface area (Å²) in [4.78, 5) is 16.6. The average molecular weight is 315 g/mol. The van der Waals surface area contributed by atoms with E-state index in [4.69, 9.17) is 4.98 Å². The zero-order chi connectivity index (χ0) is 13.4. The predicted molar refractivity (Wildman–Crippen MR) is 82.8 cm³/mol. The van der Waals surface area contributed by atoms with Gasteiger partial charge in [0.25, 0.3) is 0 Å². The molecule has 104 valence electrons. The third kappa shape index (κ3) is 2.81. The largest absolute Gasteiger partial charge is 0.477 e. The SMILES string of the molecule is CCC1SCCSC1c1nc(C2CC2)c(C(=O)O)s1. The molecule has 1 aromatic rings. The Morgan fingerprint density at radius 1 is 1.37 bits per heavy atom. The lowest BCUT2D eigenvalue weighted by Crippen LogP contribution is -2.18. The molecule has 0 spiro atoms. The van der Waals surface area contributed by atoms with E-state index in [1.165, 1.54) is 17.1 Å². The number of nitrogens with zero attached hydrogens (tertiary/aromatic N) is 1. The number of carbonyl (C=O) groups is 1. The molecule has 0 bridgehead atoms. The van der Waals surface area contributed by atoms with Gasteiger partial charge in [0, 0.05) is 22.7 Å². The molecule has 1 saturated heterocycles. The fourth-order valence-electron chi connectivity index (χ4n) is 2.39. The number of carboxylic acid groups (broad SMARTS) is 1. The Morgan fingerprint density at radius 2 is 2.11 bits per heavy atom. The Morgan fingerprint density at radius 3 is 2.74 bits per heavy atom. The van der Waals surface area contributed by atoms with Gasteiger partial charge in [-0.25, -0.2) is 9.78 Å². The molecule has 0 radical (unpaired) electrons. The zero-order valence-corrected chi connectivity index (χ0v) is 13.2. The van der Waals surface area contributed by atoms with Gasteiger partial charge in [-0.15, -0.1) is 23.1 Å². The fourth-order valence-corrected chi connectivity index (χ4v) is 6.80. The standard InChI is InChI=1S/C13H17NO2S3/c1-2-8-10(18-6-5-17-8)12-14-9(7-3-4-7)11(19-12)13(15)16/h7-8,10H,2-6H2,1H3,(H,15,16). The second kappa shape index (κ2) is 5.66. The summed E-state index contributed by atoms with van der Waals surface area (Å²) in [5.41, 5.74) is 0.860. The molecule has 1 saturated carbocycles. The molecular formula is C13H17NO2S3. The van der Waals surface area contributed by atoms with E-state index in [9.17, 15) is 9.90 Å². The molecule has 2 heterocycles. The lowest BCUT2D eigenvalue weighted by Gasteiger charge is -2.28. The van der Waals surface area contributed by atoms with E-state index in [2.05, 4.69) is 6.92 Å². The summed E-state index contributed by atoms with van der Waals surface area (Å²) in [6, 6.07) is 0. The maximum absolute atomic E-state index is 11.4. The number of aromatic nitrogens is 1. The van der Waals surface area contributed by atoms with Gasteiger partial charge in [-0.2, -0.15) is 11.8 Å². The number of rotatable bonds is 4. The van der Waals surface area contributed by atoms with E-state index < -0.39 is 5.97 Å². The van der Waals surface area contributed by atoms with Gasteiger partial charge in [0.2, 0.25) is 0 Å². The monoisotopic (exact) mass is 315 g/mol. The highest BCUT2D eigenvalue weighted by molar-refractivity contribution is 8.06. The van der Waals surface area contributed by atoms with Gasteiger partial charge >= 0.3 is 5.97 Å². The molecule has 2 fully saturated rings. The number of thioether (sulfide) groups is 2. The lowest BCUT2D eigenvalue weighted by molar-refractivity contribution is 0.0700. The van der Waals surface area contributed by atoms with E-state index in [0.717, 1.165) is 35.7 Å². The highest BCUT2D eigenvalue weighted by Crippen LogP contribution is 2.48. The van der Waals surface area contributed by atoms with Gasteiger partial charge in [-0.05, 0) is 19.3 Å². The van der Waals surface area contributed by atoms with Crippen molar-refractivity contribution in [2.45, 2.75) is 42.6 Å². The van der Waals surface area contributed by atoms with Crippen LogP contribution in [0.25, 0.3) is 0 Å². The van der Waals surface area contributed by atoms with E-state index in [-0.39, 0.29) is 0 Å². The van der Waals surface area contributed by atoms with Crippen molar-refractivity contribution in [2.24, 2.45) is 0 Å². The molecule has 2 atom stereocenters.